The Morgan fingerprint density at radius 1 is 1.05 bits per heavy atom. The Balaban J connectivity index is 0.00000173. The number of piperazine rings is 1. The van der Waals surface area contributed by atoms with Gasteiger partial charge in [0.15, 0.2) is 11.6 Å². The fourth-order valence-electron chi connectivity index (χ4n) is 4.72. The second-order valence-electron chi connectivity index (χ2n) is 9.48. The minimum atomic E-state index is -0.396. The number of carbonyl (C=O) groups is 1. The Kier molecular flexibility index (Phi) is 8.23. The molecular weight excluding hydrogens is 537 g/mol. The van der Waals surface area contributed by atoms with Crippen molar-refractivity contribution < 1.29 is 13.9 Å². The van der Waals surface area contributed by atoms with Gasteiger partial charge in [0.05, 0.1) is 18.0 Å². The van der Waals surface area contributed by atoms with Crippen molar-refractivity contribution in [2.24, 2.45) is 7.05 Å². The monoisotopic (exact) mass is 569 g/mol. The highest BCUT2D eigenvalue weighted by atomic mass is 19.1. The molecule has 0 aliphatic carbocycles. The normalized spacial score (nSPS) is 13.1. The summed E-state index contributed by atoms with van der Waals surface area (Å²) >= 11 is 0. The van der Waals surface area contributed by atoms with Gasteiger partial charge in [-0.3, -0.25) is 4.79 Å². The predicted octanol–water partition coefficient (Wildman–Crippen LogP) is 5.15. The van der Waals surface area contributed by atoms with Gasteiger partial charge in [-0.25, -0.2) is 29.3 Å². The lowest BCUT2D eigenvalue weighted by Crippen LogP contribution is -2.48. The van der Waals surface area contributed by atoms with Crippen LogP contribution in [-0.2, 0) is 11.8 Å². The topological polar surface area (TPSA) is 114 Å². The maximum atomic E-state index is 14.6. The zero-order valence-electron chi connectivity index (χ0n) is 24.0. The van der Waals surface area contributed by atoms with E-state index in [0.29, 0.717) is 71.5 Å². The van der Waals surface area contributed by atoms with E-state index in [1.165, 1.54) is 18.5 Å². The number of carbonyl (C=O) groups excluding carboxylic acids is 1. The third kappa shape index (κ3) is 5.69. The first-order valence-corrected chi connectivity index (χ1v) is 13.7. The van der Waals surface area contributed by atoms with Crippen LogP contribution in [0.25, 0.3) is 22.1 Å². The summed E-state index contributed by atoms with van der Waals surface area (Å²) < 4.78 is 22.2. The fourth-order valence-corrected chi connectivity index (χ4v) is 4.72. The molecule has 4 heterocycles. The van der Waals surface area contributed by atoms with E-state index in [2.05, 4.69) is 31.8 Å². The number of aromatic nitrogens is 6. The summed E-state index contributed by atoms with van der Waals surface area (Å²) in [6.45, 7) is 11.8. The Labute approximate surface area is 242 Å². The molecule has 1 aliphatic rings. The van der Waals surface area contributed by atoms with E-state index < -0.39 is 5.82 Å². The number of imidazole rings is 1. The number of nitrogens with one attached hydrogen (secondary N) is 1. The number of aryl methyl sites for hydroxylation is 2. The van der Waals surface area contributed by atoms with Crippen LogP contribution in [0.4, 0.5) is 21.8 Å². The third-order valence-electron chi connectivity index (χ3n) is 6.82. The molecule has 216 valence electrons. The van der Waals surface area contributed by atoms with Gasteiger partial charge in [0.25, 0.3) is 0 Å². The van der Waals surface area contributed by atoms with Gasteiger partial charge in [-0.05, 0) is 36.8 Å². The van der Waals surface area contributed by atoms with Gasteiger partial charge in [0.2, 0.25) is 11.9 Å². The molecule has 2 aromatic carbocycles. The molecule has 0 bridgehead atoms. The number of ether oxygens (including phenoxy) is 1. The van der Waals surface area contributed by atoms with E-state index in [1.807, 2.05) is 43.9 Å². The van der Waals surface area contributed by atoms with Gasteiger partial charge >= 0.3 is 0 Å². The quantitative estimate of drug-likeness (QED) is 0.277. The number of anilines is 3. The van der Waals surface area contributed by atoms with Crippen molar-refractivity contribution in [2.75, 3.05) is 36.4 Å². The Bertz CT molecular complexity index is 1760. The van der Waals surface area contributed by atoms with E-state index in [4.69, 9.17) is 9.72 Å². The van der Waals surface area contributed by atoms with E-state index >= 15 is 0 Å². The third-order valence-corrected chi connectivity index (χ3v) is 6.82. The Morgan fingerprint density at radius 3 is 2.57 bits per heavy atom. The molecule has 1 fully saturated rings. The van der Waals surface area contributed by atoms with Gasteiger partial charge in [0.1, 0.15) is 34.4 Å². The molecule has 0 radical (unpaired) electrons. The lowest BCUT2D eigenvalue weighted by molar-refractivity contribution is -0.126. The largest absolute Gasteiger partial charge is 0.457 e. The predicted molar refractivity (Wildman–Crippen MR) is 161 cm³/mol. The van der Waals surface area contributed by atoms with E-state index in [-0.39, 0.29) is 5.91 Å². The molecule has 11 nitrogen and oxygen atoms in total. The second-order valence-corrected chi connectivity index (χ2v) is 9.48. The van der Waals surface area contributed by atoms with E-state index in [1.54, 1.807) is 35.1 Å². The van der Waals surface area contributed by atoms with Crippen LogP contribution < -0.4 is 15.0 Å². The average molecular weight is 570 g/mol. The van der Waals surface area contributed by atoms with Gasteiger partial charge in [-0.15, -0.1) is 0 Å². The maximum absolute atomic E-state index is 14.6. The molecule has 1 saturated heterocycles. The van der Waals surface area contributed by atoms with Crippen LogP contribution in [0.3, 0.4) is 0 Å². The molecule has 1 N–H and O–H groups in total. The molecule has 0 atom stereocenters. The fraction of sp³-hybridized carbons (Fsp3) is 0.267. The highest BCUT2D eigenvalue weighted by molar-refractivity contribution is 5.88. The van der Waals surface area contributed by atoms with Crippen LogP contribution in [0.1, 0.15) is 19.4 Å². The number of amides is 1. The molecule has 6 rings (SSSR count). The summed E-state index contributed by atoms with van der Waals surface area (Å²) in [6, 6.07) is 8.65. The zero-order chi connectivity index (χ0) is 29.8. The highest BCUT2D eigenvalue weighted by Crippen LogP contribution is 2.32. The number of nitrogens with zero attached hydrogens (tertiary/aromatic N) is 8. The van der Waals surface area contributed by atoms with Crippen LogP contribution in [0.5, 0.6) is 11.5 Å². The average Bonchev–Trinajstić information content (AvgIpc) is 3.40. The molecule has 0 unspecified atom stereocenters. The molecule has 0 spiro atoms. The first kappa shape index (κ1) is 28.4. The summed E-state index contributed by atoms with van der Waals surface area (Å²) in [5.74, 6) is 1.57. The first-order chi connectivity index (χ1) is 20.4. The van der Waals surface area contributed by atoms with Gasteiger partial charge in [-0.2, -0.15) is 0 Å². The molecule has 3 aromatic heterocycles. The standard InChI is InChI=1S/C28H26FN9O2.C2H6/c1-4-24(39)37-7-9-38(10-8-37)28-30-14-22-25(35-28)27(32-15-31-22)34-18-5-6-23(17(2)11-18)40-19-12-20(29)26-21(13-19)33-16-36(26)3;1-2/h4-6,11-16H,1,7-10H2,2-3H3,(H,31,32,34);1-2H3. The lowest BCUT2D eigenvalue weighted by atomic mass is 10.2. The number of hydrogen-bond acceptors (Lipinski definition) is 9. The Morgan fingerprint density at radius 2 is 1.83 bits per heavy atom. The molecule has 42 heavy (non-hydrogen) atoms. The van der Waals surface area contributed by atoms with Crippen molar-refractivity contribution in [3.8, 4) is 11.5 Å². The Hall–Kier alpha value is -5.13. The molecule has 1 aliphatic heterocycles. The summed E-state index contributed by atoms with van der Waals surface area (Å²) in [5, 5.41) is 3.32. The highest BCUT2D eigenvalue weighted by Gasteiger charge is 2.22. The summed E-state index contributed by atoms with van der Waals surface area (Å²) in [7, 11) is 1.75. The first-order valence-electron chi connectivity index (χ1n) is 13.7. The SMILES string of the molecule is C=CC(=O)N1CCN(c2ncc3ncnc(Nc4ccc(Oc5cc(F)c6c(c5)ncn6C)c(C)c4)c3n2)CC1.CC. The maximum Gasteiger partial charge on any atom is 0.246 e. The molecule has 12 heteroatoms. The summed E-state index contributed by atoms with van der Waals surface area (Å²) in [5.41, 5.74) is 3.75. The van der Waals surface area contributed by atoms with Crippen molar-refractivity contribution in [2.45, 2.75) is 20.8 Å². The number of rotatable bonds is 6. The molecular formula is C30H32FN9O2. The minimum absolute atomic E-state index is 0.0767. The number of benzene rings is 2. The number of fused-ring (bicyclic) bond motifs is 2. The number of hydrogen-bond donors (Lipinski definition) is 1. The van der Waals surface area contributed by atoms with Crippen molar-refractivity contribution >= 4 is 45.4 Å². The summed E-state index contributed by atoms with van der Waals surface area (Å²) in [4.78, 5) is 37.9. The molecule has 1 amide bonds. The smallest absolute Gasteiger partial charge is 0.246 e. The van der Waals surface area contributed by atoms with Crippen LogP contribution in [-0.4, -0.2) is 66.5 Å². The van der Waals surface area contributed by atoms with Crippen LogP contribution >= 0.6 is 0 Å². The molecule has 0 saturated carbocycles. The van der Waals surface area contributed by atoms with Crippen molar-refractivity contribution in [3.05, 3.63) is 73.2 Å². The lowest BCUT2D eigenvalue weighted by Gasteiger charge is -2.34. The van der Waals surface area contributed by atoms with Crippen molar-refractivity contribution in [1.82, 2.24) is 34.4 Å². The van der Waals surface area contributed by atoms with Crippen LogP contribution in [0.2, 0.25) is 0 Å². The minimum Gasteiger partial charge on any atom is -0.457 e. The van der Waals surface area contributed by atoms with Gasteiger partial charge in [0, 0.05) is 51.0 Å². The number of halogens is 1. The molecule has 5 aromatic rings. The van der Waals surface area contributed by atoms with Gasteiger partial charge in [-0.1, -0.05) is 20.4 Å². The second kappa shape index (κ2) is 12.2. The van der Waals surface area contributed by atoms with Crippen molar-refractivity contribution in [3.63, 3.8) is 0 Å². The van der Waals surface area contributed by atoms with Gasteiger partial charge < -0.3 is 24.4 Å². The van der Waals surface area contributed by atoms with Crippen molar-refractivity contribution in [1.29, 1.82) is 0 Å². The van der Waals surface area contributed by atoms with Crippen LogP contribution in [0.15, 0.2) is 61.8 Å². The zero-order valence-corrected chi connectivity index (χ0v) is 24.0. The van der Waals surface area contributed by atoms with Crippen LogP contribution in [0, 0.1) is 12.7 Å². The summed E-state index contributed by atoms with van der Waals surface area (Å²) in [6.07, 6.45) is 6.03. The van der Waals surface area contributed by atoms with E-state index in [9.17, 15) is 9.18 Å². The van der Waals surface area contributed by atoms with E-state index in [0.717, 1.165) is 11.3 Å².